The third-order valence-corrected chi connectivity index (χ3v) is 4.65. The van der Waals surface area contributed by atoms with Gasteiger partial charge < -0.3 is 10.6 Å². The molecule has 0 bridgehead atoms. The Labute approximate surface area is 164 Å². The average molecular weight is 387 g/mol. The molecule has 2 aromatic rings. The highest BCUT2D eigenvalue weighted by atomic mass is 35.5. The quantitative estimate of drug-likeness (QED) is 0.574. The van der Waals surface area contributed by atoms with Gasteiger partial charge in [0.05, 0.1) is 10.7 Å². The van der Waals surface area contributed by atoms with Crippen molar-refractivity contribution in [3.63, 3.8) is 0 Å². The van der Waals surface area contributed by atoms with E-state index < -0.39 is 17.2 Å². The van der Waals surface area contributed by atoms with E-state index in [9.17, 15) is 14.4 Å². The number of carbonyl (C=O) groups excluding carboxylic acids is 3. The van der Waals surface area contributed by atoms with Gasteiger partial charge in [0.25, 0.3) is 0 Å². The highest BCUT2D eigenvalue weighted by molar-refractivity contribution is 6.34. The summed E-state index contributed by atoms with van der Waals surface area (Å²) < 4.78 is 0. The Morgan fingerprint density at radius 1 is 0.926 bits per heavy atom. The van der Waals surface area contributed by atoms with Gasteiger partial charge in [0.15, 0.2) is 5.78 Å². The Balaban J connectivity index is 2.15. The van der Waals surface area contributed by atoms with Crippen LogP contribution < -0.4 is 10.6 Å². The van der Waals surface area contributed by atoms with Crippen LogP contribution in [0.4, 0.5) is 11.4 Å². The molecule has 0 aliphatic rings. The van der Waals surface area contributed by atoms with Crippen LogP contribution in [0.15, 0.2) is 36.4 Å². The predicted molar refractivity (Wildman–Crippen MR) is 108 cm³/mol. The van der Waals surface area contributed by atoms with E-state index in [4.69, 9.17) is 11.6 Å². The fourth-order valence-corrected chi connectivity index (χ4v) is 2.89. The highest BCUT2D eigenvalue weighted by Gasteiger charge is 2.36. The first-order valence-electron chi connectivity index (χ1n) is 8.53. The van der Waals surface area contributed by atoms with Crippen LogP contribution >= 0.6 is 11.6 Å². The zero-order chi connectivity index (χ0) is 20.4. The number of carbonyl (C=O) groups is 3. The molecule has 142 valence electrons. The first-order chi connectivity index (χ1) is 12.5. The minimum atomic E-state index is -1.33. The smallest absolute Gasteiger partial charge is 0.239 e. The van der Waals surface area contributed by atoms with Crippen LogP contribution in [-0.4, -0.2) is 17.6 Å². The Kier molecular flexibility index (Phi) is 6.06. The third kappa shape index (κ3) is 4.74. The molecule has 0 saturated carbocycles. The Hall–Kier alpha value is -2.66. The fraction of sp³-hybridized carbons (Fsp3) is 0.286. The zero-order valence-corrected chi connectivity index (χ0v) is 16.8. The van der Waals surface area contributed by atoms with Gasteiger partial charge in [-0.3, -0.25) is 14.4 Å². The SMILES string of the molecule is CC(=O)c1ccc(NC(=O)C(C)(C)C(=O)Nc2c(C)cc(C)cc2Cl)cc1. The van der Waals surface area contributed by atoms with E-state index in [2.05, 4.69) is 10.6 Å². The van der Waals surface area contributed by atoms with Gasteiger partial charge in [-0.05, 0) is 76.1 Å². The topological polar surface area (TPSA) is 75.3 Å². The summed E-state index contributed by atoms with van der Waals surface area (Å²) in [5.41, 5.74) is 2.04. The first-order valence-corrected chi connectivity index (χ1v) is 8.91. The molecule has 0 fully saturated rings. The zero-order valence-electron chi connectivity index (χ0n) is 16.1. The maximum atomic E-state index is 12.7. The summed E-state index contributed by atoms with van der Waals surface area (Å²) in [6.07, 6.45) is 0. The lowest BCUT2D eigenvalue weighted by Gasteiger charge is -2.24. The molecule has 2 rings (SSSR count). The summed E-state index contributed by atoms with van der Waals surface area (Å²) in [6.45, 7) is 8.31. The number of anilines is 2. The summed E-state index contributed by atoms with van der Waals surface area (Å²) in [7, 11) is 0. The van der Waals surface area contributed by atoms with Crippen molar-refractivity contribution in [1.29, 1.82) is 0 Å². The number of amides is 2. The Morgan fingerprint density at radius 2 is 1.48 bits per heavy atom. The maximum Gasteiger partial charge on any atom is 0.239 e. The predicted octanol–water partition coefficient (Wildman–Crippen LogP) is 4.76. The summed E-state index contributed by atoms with van der Waals surface area (Å²) in [6, 6.07) is 10.2. The van der Waals surface area contributed by atoms with E-state index in [1.54, 1.807) is 44.2 Å². The number of Topliss-reactive ketones (excluding diaryl/α,β-unsaturated/α-hetero) is 1. The molecule has 2 amide bonds. The molecule has 0 atom stereocenters. The summed E-state index contributed by atoms with van der Waals surface area (Å²) in [5.74, 6) is -0.983. The van der Waals surface area contributed by atoms with Crippen LogP contribution in [0.3, 0.4) is 0 Å². The molecule has 5 nitrogen and oxygen atoms in total. The van der Waals surface area contributed by atoms with Gasteiger partial charge in [-0.25, -0.2) is 0 Å². The molecule has 0 unspecified atom stereocenters. The second-order valence-corrected chi connectivity index (χ2v) is 7.51. The standard InChI is InChI=1S/C21H23ClN2O3/c1-12-10-13(2)18(17(22)11-12)24-20(27)21(4,5)19(26)23-16-8-6-15(7-9-16)14(3)25/h6-11H,1-5H3,(H,23,26)(H,24,27). The summed E-state index contributed by atoms with van der Waals surface area (Å²) in [5, 5.41) is 5.90. The van der Waals surface area contributed by atoms with Gasteiger partial charge in [0.2, 0.25) is 11.8 Å². The maximum absolute atomic E-state index is 12.7. The number of nitrogens with one attached hydrogen (secondary N) is 2. The Bertz CT molecular complexity index is 879. The van der Waals surface area contributed by atoms with Gasteiger partial charge in [-0.1, -0.05) is 17.7 Å². The average Bonchev–Trinajstić information content (AvgIpc) is 2.58. The lowest BCUT2D eigenvalue weighted by Crippen LogP contribution is -2.41. The molecule has 0 saturated heterocycles. The molecule has 2 aromatic carbocycles. The van der Waals surface area contributed by atoms with E-state index in [0.29, 0.717) is 22.0 Å². The second kappa shape index (κ2) is 7.92. The Morgan fingerprint density at radius 3 is 2.00 bits per heavy atom. The number of halogens is 1. The van der Waals surface area contributed by atoms with Crippen molar-refractivity contribution in [2.75, 3.05) is 10.6 Å². The largest absolute Gasteiger partial charge is 0.325 e. The molecule has 6 heteroatoms. The molecular weight excluding hydrogens is 364 g/mol. The van der Waals surface area contributed by atoms with E-state index in [1.165, 1.54) is 6.92 Å². The van der Waals surface area contributed by atoms with Crippen molar-refractivity contribution < 1.29 is 14.4 Å². The number of aryl methyl sites for hydroxylation is 2. The van der Waals surface area contributed by atoms with Crippen LogP contribution in [0.25, 0.3) is 0 Å². The van der Waals surface area contributed by atoms with Gasteiger partial charge in [-0.2, -0.15) is 0 Å². The van der Waals surface area contributed by atoms with Crippen molar-refractivity contribution >= 4 is 40.6 Å². The molecule has 0 aliphatic heterocycles. The number of rotatable bonds is 5. The van der Waals surface area contributed by atoms with Crippen LogP contribution in [0.5, 0.6) is 0 Å². The minimum absolute atomic E-state index is 0.0575. The number of hydrogen-bond donors (Lipinski definition) is 2. The van der Waals surface area contributed by atoms with Gasteiger partial charge in [-0.15, -0.1) is 0 Å². The molecule has 0 heterocycles. The van der Waals surface area contributed by atoms with Crippen LogP contribution in [0.1, 0.15) is 42.3 Å². The molecule has 0 aliphatic carbocycles. The summed E-state index contributed by atoms with van der Waals surface area (Å²) >= 11 is 6.24. The number of ketones is 1. The highest BCUT2D eigenvalue weighted by Crippen LogP contribution is 2.30. The third-order valence-electron chi connectivity index (χ3n) is 4.35. The summed E-state index contributed by atoms with van der Waals surface area (Å²) in [4.78, 5) is 36.7. The molecule has 0 aromatic heterocycles. The second-order valence-electron chi connectivity index (χ2n) is 7.11. The van der Waals surface area contributed by atoms with Crippen LogP contribution in [-0.2, 0) is 9.59 Å². The molecule has 2 N–H and O–H groups in total. The van der Waals surface area contributed by atoms with E-state index in [0.717, 1.165) is 11.1 Å². The minimum Gasteiger partial charge on any atom is -0.325 e. The van der Waals surface area contributed by atoms with Crippen molar-refractivity contribution in [2.45, 2.75) is 34.6 Å². The molecule has 27 heavy (non-hydrogen) atoms. The van der Waals surface area contributed by atoms with Gasteiger partial charge in [0.1, 0.15) is 5.41 Å². The van der Waals surface area contributed by atoms with Crippen LogP contribution in [0, 0.1) is 19.3 Å². The molecular formula is C21H23ClN2O3. The number of hydrogen-bond acceptors (Lipinski definition) is 3. The van der Waals surface area contributed by atoms with E-state index in [1.807, 2.05) is 19.9 Å². The van der Waals surface area contributed by atoms with Crippen molar-refractivity contribution in [2.24, 2.45) is 5.41 Å². The fourth-order valence-electron chi connectivity index (χ4n) is 2.52. The van der Waals surface area contributed by atoms with Crippen LogP contribution in [0.2, 0.25) is 5.02 Å². The van der Waals surface area contributed by atoms with Crippen molar-refractivity contribution in [3.05, 3.63) is 58.1 Å². The first kappa shape index (κ1) is 20.6. The van der Waals surface area contributed by atoms with E-state index in [-0.39, 0.29) is 5.78 Å². The van der Waals surface area contributed by atoms with Crippen molar-refractivity contribution in [1.82, 2.24) is 0 Å². The normalized spacial score (nSPS) is 11.0. The van der Waals surface area contributed by atoms with Gasteiger partial charge >= 0.3 is 0 Å². The number of benzene rings is 2. The monoisotopic (exact) mass is 386 g/mol. The lowest BCUT2D eigenvalue weighted by molar-refractivity contribution is -0.135. The van der Waals surface area contributed by atoms with Gasteiger partial charge in [0, 0.05) is 11.3 Å². The lowest BCUT2D eigenvalue weighted by atomic mass is 9.90. The molecule has 0 spiro atoms. The molecule has 0 radical (unpaired) electrons. The van der Waals surface area contributed by atoms with E-state index >= 15 is 0 Å². The van der Waals surface area contributed by atoms with Crippen molar-refractivity contribution in [3.8, 4) is 0 Å².